The molecule has 1 N–H and O–H groups in total. The zero-order valence-corrected chi connectivity index (χ0v) is 19.5. The molecule has 2 rings (SSSR count). The Morgan fingerprint density at radius 3 is 2.32 bits per heavy atom. The van der Waals surface area contributed by atoms with E-state index in [0.29, 0.717) is 16.9 Å². The lowest BCUT2D eigenvalue weighted by atomic mass is 9.83. The van der Waals surface area contributed by atoms with Gasteiger partial charge in [-0.1, -0.05) is 65.7 Å². The second kappa shape index (κ2) is 10.5. The normalized spacial score (nSPS) is 11.3. The van der Waals surface area contributed by atoms with Gasteiger partial charge in [0.05, 0.1) is 12.2 Å². The SMILES string of the molecule is CCCCOC(=O)Oc1cc(C(C)(C)C)cc(C)c1-c1cc(CCC)ccc1C(=O)O. The molecule has 5 heteroatoms. The van der Waals surface area contributed by atoms with Crippen LogP contribution in [0.2, 0.25) is 0 Å². The molecular formula is C26H34O5. The first-order valence-electron chi connectivity index (χ1n) is 10.9. The summed E-state index contributed by atoms with van der Waals surface area (Å²) in [7, 11) is 0. The van der Waals surface area contributed by atoms with Gasteiger partial charge < -0.3 is 14.6 Å². The molecule has 0 fully saturated rings. The zero-order chi connectivity index (χ0) is 23.2. The molecule has 0 aliphatic heterocycles. The lowest BCUT2D eigenvalue weighted by Gasteiger charge is -2.23. The number of hydrogen-bond donors (Lipinski definition) is 1. The molecule has 0 heterocycles. The van der Waals surface area contributed by atoms with Gasteiger partial charge in [0.25, 0.3) is 0 Å². The van der Waals surface area contributed by atoms with Crippen molar-refractivity contribution >= 4 is 12.1 Å². The molecule has 0 bridgehead atoms. The van der Waals surface area contributed by atoms with E-state index in [1.165, 1.54) is 0 Å². The van der Waals surface area contributed by atoms with Gasteiger partial charge in [0.1, 0.15) is 5.75 Å². The van der Waals surface area contributed by atoms with Gasteiger partial charge in [-0.25, -0.2) is 9.59 Å². The summed E-state index contributed by atoms with van der Waals surface area (Å²) in [5.74, 6) is -0.698. The quantitative estimate of drug-likeness (QED) is 0.281. The van der Waals surface area contributed by atoms with Crippen LogP contribution in [0.4, 0.5) is 4.79 Å². The van der Waals surface area contributed by atoms with Crippen molar-refractivity contribution in [2.24, 2.45) is 0 Å². The van der Waals surface area contributed by atoms with Gasteiger partial charge in [0, 0.05) is 11.1 Å². The monoisotopic (exact) mass is 426 g/mol. The standard InChI is InChI=1S/C26H34O5/c1-7-9-13-30-25(29)31-22-16-19(26(4,5)6)14-17(3)23(22)21-15-18(10-8-2)11-12-20(21)24(27)28/h11-12,14-16H,7-10,13H2,1-6H3,(H,27,28). The van der Waals surface area contributed by atoms with E-state index in [4.69, 9.17) is 9.47 Å². The van der Waals surface area contributed by atoms with Gasteiger partial charge in [-0.15, -0.1) is 0 Å². The maximum absolute atomic E-state index is 12.4. The number of aryl methyl sites for hydroxylation is 2. The number of aromatic carboxylic acids is 1. The summed E-state index contributed by atoms with van der Waals surface area (Å²) in [5.41, 5.74) is 4.04. The number of rotatable bonds is 8. The number of unbranched alkanes of at least 4 members (excludes halogenated alkanes) is 1. The van der Waals surface area contributed by atoms with E-state index in [-0.39, 0.29) is 17.6 Å². The Bertz CT molecular complexity index is 938. The Balaban J connectivity index is 2.67. The van der Waals surface area contributed by atoms with Crippen LogP contribution in [-0.4, -0.2) is 23.8 Å². The molecule has 0 amide bonds. The molecule has 0 radical (unpaired) electrons. The van der Waals surface area contributed by atoms with E-state index in [1.54, 1.807) is 6.07 Å². The van der Waals surface area contributed by atoms with Crippen molar-refractivity contribution in [2.75, 3.05) is 6.61 Å². The Kier molecular flexibility index (Phi) is 8.26. The summed E-state index contributed by atoms with van der Waals surface area (Å²) in [5, 5.41) is 9.81. The van der Waals surface area contributed by atoms with Crippen molar-refractivity contribution in [3.05, 3.63) is 52.6 Å². The highest BCUT2D eigenvalue weighted by Crippen LogP contribution is 2.40. The Morgan fingerprint density at radius 2 is 1.74 bits per heavy atom. The zero-order valence-electron chi connectivity index (χ0n) is 19.5. The third-order valence-corrected chi connectivity index (χ3v) is 5.20. The third kappa shape index (κ3) is 6.33. The van der Waals surface area contributed by atoms with Gasteiger partial charge in [-0.05, 0) is 54.0 Å². The van der Waals surface area contributed by atoms with Crippen molar-refractivity contribution in [1.82, 2.24) is 0 Å². The Hall–Kier alpha value is -2.82. The minimum absolute atomic E-state index is 0.173. The lowest BCUT2D eigenvalue weighted by molar-refractivity contribution is 0.0697. The summed E-state index contributed by atoms with van der Waals surface area (Å²) < 4.78 is 10.8. The number of carboxylic acid groups (broad SMARTS) is 1. The molecular weight excluding hydrogens is 392 g/mol. The predicted molar refractivity (Wildman–Crippen MR) is 123 cm³/mol. The molecule has 31 heavy (non-hydrogen) atoms. The first-order valence-corrected chi connectivity index (χ1v) is 10.9. The molecule has 0 unspecified atom stereocenters. The highest BCUT2D eigenvalue weighted by molar-refractivity contribution is 5.98. The molecule has 5 nitrogen and oxygen atoms in total. The van der Waals surface area contributed by atoms with E-state index in [1.807, 2.05) is 38.1 Å². The second-order valence-corrected chi connectivity index (χ2v) is 8.91. The first-order chi connectivity index (χ1) is 14.6. The number of carboxylic acids is 1. The van der Waals surface area contributed by atoms with Crippen LogP contribution in [0.15, 0.2) is 30.3 Å². The first kappa shape index (κ1) is 24.4. The van der Waals surface area contributed by atoms with E-state index in [0.717, 1.165) is 42.4 Å². The number of carbonyl (C=O) groups excluding carboxylic acids is 1. The lowest BCUT2D eigenvalue weighted by Crippen LogP contribution is -2.16. The van der Waals surface area contributed by atoms with Crippen LogP contribution in [0, 0.1) is 6.92 Å². The number of carbonyl (C=O) groups is 2. The molecule has 0 saturated carbocycles. The van der Waals surface area contributed by atoms with Gasteiger partial charge in [0.2, 0.25) is 0 Å². The molecule has 2 aromatic carbocycles. The van der Waals surface area contributed by atoms with Gasteiger partial charge in [0.15, 0.2) is 0 Å². The van der Waals surface area contributed by atoms with Crippen molar-refractivity contribution in [3.63, 3.8) is 0 Å². The molecule has 168 valence electrons. The highest BCUT2D eigenvalue weighted by Gasteiger charge is 2.24. The minimum atomic E-state index is -1.02. The Labute approximate surface area is 185 Å². The third-order valence-electron chi connectivity index (χ3n) is 5.20. The average molecular weight is 427 g/mol. The Morgan fingerprint density at radius 1 is 1.03 bits per heavy atom. The molecule has 0 saturated heterocycles. The fourth-order valence-electron chi connectivity index (χ4n) is 3.46. The topological polar surface area (TPSA) is 72.8 Å². The van der Waals surface area contributed by atoms with Crippen molar-refractivity contribution in [1.29, 1.82) is 0 Å². The number of hydrogen-bond acceptors (Lipinski definition) is 4. The number of ether oxygens (including phenoxy) is 2. The summed E-state index contributed by atoms with van der Waals surface area (Å²) in [6.07, 6.45) is 2.67. The summed E-state index contributed by atoms with van der Waals surface area (Å²) in [6.45, 7) is 12.5. The fraction of sp³-hybridized carbons (Fsp3) is 0.462. The van der Waals surface area contributed by atoms with E-state index in [2.05, 4.69) is 27.7 Å². The summed E-state index contributed by atoms with van der Waals surface area (Å²) >= 11 is 0. The molecule has 2 aromatic rings. The second-order valence-electron chi connectivity index (χ2n) is 8.91. The van der Waals surface area contributed by atoms with E-state index < -0.39 is 12.1 Å². The predicted octanol–water partition coefficient (Wildman–Crippen LogP) is 6.93. The fourth-order valence-corrected chi connectivity index (χ4v) is 3.46. The highest BCUT2D eigenvalue weighted by atomic mass is 16.7. The van der Waals surface area contributed by atoms with Crippen LogP contribution in [0.5, 0.6) is 5.75 Å². The largest absolute Gasteiger partial charge is 0.513 e. The van der Waals surface area contributed by atoms with Crippen LogP contribution in [-0.2, 0) is 16.6 Å². The molecule has 0 aromatic heterocycles. The maximum Gasteiger partial charge on any atom is 0.513 e. The van der Waals surface area contributed by atoms with Crippen LogP contribution in [0.1, 0.15) is 80.9 Å². The molecule has 0 atom stereocenters. The molecule has 0 aliphatic carbocycles. The van der Waals surface area contributed by atoms with E-state index >= 15 is 0 Å². The average Bonchev–Trinajstić information content (AvgIpc) is 2.67. The van der Waals surface area contributed by atoms with Crippen LogP contribution < -0.4 is 4.74 Å². The minimum Gasteiger partial charge on any atom is -0.478 e. The smallest absolute Gasteiger partial charge is 0.478 e. The van der Waals surface area contributed by atoms with Gasteiger partial charge >= 0.3 is 12.1 Å². The van der Waals surface area contributed by atoms with Crippen molar-refractivity contribution in [3.8, 4) is 16.9 Å². The summed E-state index contributed by atoms with van der Waals surface area (Å²) in [4.78, 5) is 24.3. The van der Waals surface area contributed by atoms with E-state index in [9.17, 15) is 14.7 Å². The molecule has 0 spiro atoms. The van der Waals surface area contributed by atoms with Crippen LogP contribution >= 0.6 is 0 Å². The van der Waals surface area contributed by atoms with Crippen LogP contribution in [0.25, 0.3) is 11.1 Å². The summed E-state index contributed by atoms with van der Waals surface area (Å²) in [6, 6.07) is 9.21. The molecule has 0 aliphatic rings. The van der Waals surface area contributed by atoms with Crippen molar-refractivity contribution in [2.45, 2.75) is 72.6 Å². The van der Waals surface area contributed by atoms with Gasteiger partial charge in [-0.3, -0.25) is 0 Å². The maximum atomic E-state index is 12.4. The van der Waals surface area contributed by atoms with Gasteiger partial charge in [-0.2, -0.15) is 0 Å². The number of benzene rings is 2. The van der Waals surface area contributed by atoms with Crippen LogP contribution in [0.3, 0.4) is 0 Å². The van der Waals surface area contributed by atoms with Crippen molar-refractivity contribution < 1.29 is 24.2 Å².